The van der Waals surface area contributed by atoms with Crippen molar-refractivity contribution in [3.8, 4) is 0 Å². The van der Waals surface area contributed by atoms with Gasteiger partial charge >= 0.3 is 0 Å². The molecule has 1 fully saturated rings. The Morgan fingerprint density at radius 2 is 2.00 bits per heavy atom. The molecule has 0 amide bonds. The van der Waals surface area contributed by atoms with Crippen LogP contribution in [0.15, 0.2) is 17.3 Å². The van der Waals surface area contributed by atoms with Crippen molar-refractivity contribution >= 4 is 0 Å². The van der Waals surface area contributed by atoms with Gasteiger partial charge in [-0.2, -0.15) is 0 Å². The van der Waals surface area contributed by atoms with E-state index in [2.05, 4.69) is 42.9 Å². The Hall–Kier alpha value is -0.950. The zero-order valence-electron chi connectivity index (χ0n) is 11.5. The van der Waals surface area contributed by atoms with E-state index in [0.29, 0.717) is 5.92 Å². The van der Waals surface area contributed by atoms with E-state index in [9.17, 15) is 0 Å². The van der Waals surface area contributed by atoms with E-state index in [4.69, 9.17) is 5.53 Å². The Kier molecular flexibility index (Phi) is 5.57. The number of hydrogen-bond acceptors (Lipinski definition) is 1. The molecule has 0 N–H and O–H groups in total. The highest BCUT2D eigenvalue weighted by Crippen LogP contribution is 2.38. The highest BCUT2D eigenvalue weighted by atomic mass is 15.1. The van der Waals surface area contributed by atoms with Crippen LogP contribution in [0, 0.1) is 23.7 Å². The SMILES string of the molecule is CC(C)[C@@H]1CC[C@@H](C)C[C@H]1/C=C/[C@H](C)N=[N+]=[N-]. The maximum atomic E-state index is 8.38. The summed E-state index contributed by atoms with van der Waals surface area (Å²) < 4.78 is 0. The van der Waals surface area contributed by atoms with Gasteiger partial charge in [-0.3, -0.25) is 0 Å². The van der Waals surface area contributed by atoms with Crippen LogP contribution in [0.3, 0.4) is 0 Å². The molecule has 0 aromatic rings. The van der Waals surface area contributed by atoms with E-state index in [1.165, 1.54) is 19.3 Å². The van der Waals surface area contributed by atoms with Crippen LogP contribution >= 0.6 is 0 Å². The number of allylic oxidation sites excluding steroid dienone is 1. The molecule has 1 aliphatic carbocycles. The van der Waals surface area contributed by atoms with E-state index in [1.807, 2.05) is 6.92 Å². The Labute approximate surface area is 105 Å². The molecular formula is C14H25N3. The summed E-state index contributed by atoms with van der Waals surface area (Å²) in [6, 6.07) is -0.0231. The maximum Gasteiger partial charge on any atom is 0.0526 e. The first-order valence-corrected chi connectivity index (χ1v) is 6.77. The van der Waals surface area contributed by atoms with Gasteiger partial charge < -0.3 is 0 Å². The van der Waals surface area contributed by atoms with Crippen LogP contribution in [0.5, 0.6) is 0 Å². The fourth-order valence-corrected chi connectivity index (χ4v) is 2.92. The van der Waals surface area contributed by atoms with Crippen molar-refractivity contribution < 1.29 is 0 Å². The Bertz CT molecular complexity index is 303. The lowest BCUT2D eigenvalue weighted by Crippen LogP contribution is -2.26. The molecule has 1 rings (SSSR count). The standard InChI is InChI=1S/C14H25N3/c1-10(2)14-8-5-11(3)9-13(14)7-6-12(4)16-17-15/h6-7,10-14H,5,8-9H2,1-4H3/b7-6+/t11-,12+,13-,14+/m1/s1. The zero-order chi connectivity index (χ0) is 12.8. The van der Waals surface area contributed by atoms with Crippen LogP contribution in [-0.4, -0.2) is 6.04 Å². The van der Waals surface area contributed by atoms with Crippen molar-refractivity contribution in [3.05, 3.63) is 22.6 Å². The molecular weight excluding hydrogens is 210 g/mol. The Balaban J connectivity index is 2.66. The quantitative estimate of drug-likeness (QED) is 0.286. The zero-order valence-corrected chi connectivity index (χ0v) is 11.5. The third-order valence-electron chi connectivity index (χ3n) is 3.94. The minimum atomic E-state index is -0.0231. The number of nitrogens with zero attached hydrogens (tertiary/aromatic N) is 3. The molecule has 17 heavy (non-hydrogen) atoms. The lowest BCUT2D eigenvalue weighted by molar-refractivity contribution is 0.178. The van der Waals surface area contributed by atoms with Crippen LogP contribution < -0.4 is 0 Å². The largest absolute Gasteiger partial charge is 0.0868 e. The molecule has 1 saturated carbocycles. The smallest absolute Gasteiger partial charge is 0.0526 e. The predicted molar refractivity (Wildman–Crippen MR) is 72.6 cm³/mol. The maximum absolute atomic E-state index is 8.38. The summed E-state index contributed by atoms with van der Waals surface area (Å²) in [7, 11) is 0. The van der Waals surface area contributed by atoms with Gasteiger partial charge in [-0.1, -0.05) is 51.4 Å². The molecule has 4 atom stereocenters. The lowest BCUT2D eigenvalue weighted by atomic mass is 9.70. The molecule has 96 valence electrons. The van der Waals surface area contributed by atoms with E-state index >= 15 is 0 Å². The second kappa shape index (κ2) is 6.70. The third-order valence-corrected chi connectivity index (χ3v) is 3.94. The van der Waals surface area contributed by atoms with Gasteiger partial charge in [0.25, 0.3) is 0 Å². The Morgan fingerprint density at radius 1 is 1.29 bits per heavy atom. The summed E-state index contributed by atoms with van der Waals surface area (Å²) in [6.45, 7) is 8.91. The first-order valence-electron chi connectivity index (χ1n) is 6.77. The summed E-state index contributed by atoms with van der Waals surface area (Å²) in [6.07, 6.45) is 8.34. The van der Waals surface area contributed by atoms with Crippen LogP contribution in [0.2, 0.25) is 0 Å². The van der Waals surface area contributed by atoms with Crippen LogP contribution in [0.1, 0.15) is 47.0 Å². The summed E-state index contributed by atoms with van der Waals surface area (Å²) in [5, 5.41) is 3.69. The van der Waals surface area contributed by atoms with Crippen molar-refractivity contribution in [2.24, 2.45) is 28.8 Å². The van der Waals surface area contributed by atoms with E-state index < -0.39 is 0 Å². The second-order valence-corrected chi connectivity index (χ2v) is 5.82. The van der Waals surface area contributed by atoms with Gasteiger partial charge in [0, 0.05) is 4.91 Å². The second-order valence-electron chi connectivity index (χ2n) is 5.82. The van der Waals surface area contributed by atoms with E-state index in [1.54, 1.807) is 0 Å². The monoisotopic (exact) mass is 235 g/mol. The average molecular weight is 235 g/mol. The van der Waals surface area contributed by atoms with Crippen molar-refractivity contribution in [2.45, 2.75) is 53.0 Å². The molecule has 0 aromatic carbocycles. The van der Waals surface area contributed by atoms with Gasteiger partial charge in [-0.15, -0.1) is 0 Å². The summed E-state index contributed by atoms with van der Waals surface area (Å²) in [5.74, 6) is 3.03. The van der Waals surface area contributed by atoms with Gasteiger partial charge in [-0.05, 0) is 42.0 Å². The topological polar surface area (TPSA) is 48.8 Å². The number of hydrogen-bond donors (Lipinski definition) is 0. The molecule has 0 aliphatic heterocycles. The molecule has 0 heterocycles. The van der Waals surface area contributed by atoms with Gasteiger partial charge in [0.2, 0.25) is 0 Å². The molecule has 0 aromatic heterocycles. The normalized spacial score (nSPS) is 31.5. The molecule has 0 spiro atoms. The minimum absolute atomic E-state index is 0.0231. The molecule has 1 aliphatic rings. The highest BCUT2D eigenvalue weighted by molar-refractivity contribution is 4.99. The number of azide groups is 1. The fourth-order valence-electron chi connectivity index (χ4n) is 2.92. The van der Waals surface area contributed by atoms with Gasteiger partial charge in [0.1, 0.15) is 0 Å². The van der Waals surface area contributed by atoms with Crippen LogP contribution in [-0.2, 0) is 0 Å². The van der Waals surface area contributed by atoms with Crippen LogP contribution in [0.25, 0.3) is 10.4 Å². The molecule has 0 radical (unpaired) electrons. The summed E-state index contributed by atoms with van der Waals surface area (Å²) >= 11 is 0. The van der Waals surface area contributed by atoms with E-state index in [0.717, 1.165) is 17.8 Å². The van der Waals surface area contributed by atoms with Gasteiger partial charge in [0.15, 0.2) is 0 Å². The summed E-state index contributed by atoms with van der Waals surface area (Å²) in [5.41, 5.74) is 8.38. The lowest BCUT2D eigenvalue weighted by Gasteiger charge is -2.36. The van der Waals surface area contributed by atoms with E-state index in [-0.39, 0.29) is 6.04 Å². The summed E-state index contributed by atoms with van der Waals surface area (Å²) in [4.78, 5) is 2.84. The third kappa shape index (κ3) is 4.43. The first-order chi connectivity index (χ1) is 8.04. The number of rotatable bonds is 4. The fraction of sp³-hybridized carbons (Fsp3) is 0.857. The average Bonchev–Trinajstić information content (AvgIpc) is 2.26. The van der Waals surface area contributed by atoms with Gasteiger partial charge in [0.05, 0.1) is 6.04 Å². The van der Waals surface area contributed by atoms with Crippen molar-refractivity contribution in [1.82, 2.24) is 0 Å². The molecule has 0 bridgehead atoms. The van der Waals surface area contributed by atoms with Crippen molar-refractivity contribution in [2.75, 3.05) is 0 Å². The van der Waals surface area contributed by atoms with Crippen molar-refractivity contribution in [1.29, 1.82) is 0 Å². The van der Waals surface area contributed by atoms with Crippen molar-refractivity contribution in [3.63, 3.8) is 0 Å². The van der Waals surface area contributed by atoms with Gasteiger partial charge in [-0.25, -0.2) is 0 Å². The highest BCUT2D eigenvalue weighted by Gasteiger charge is 2.28. The van der Waals surface area contributed by atoms with Crippen LogP contribution in [0.4, 0.5) is 0 Å². The molecule has 3 nitrogen and oxygen atoms in total. The Morgan fingerprint density at radius 3 is 2.59 bits per heavy atom. The molecule has 0 unspecified atom stereocenters. The molecule has 3 heteroatoms. The first kappa shape index (κ1) is 14.1. The minimum Gasteiger partial charge on any atom is -0.0868 e. The predicted octanol–water partition coefficient (Wildman–Crippen LogP) is 4.95. The molecule has 0 saturated heterocycles.